The molecule has 1 saturated heterocycles. The molecule has 2 N–H and O–H groups in total. The first-order valence-corrected chi connectivity index (χ1v) is 9.80. The van der Waals surface area contributed by atoms with Gasteiger partial charge in [-0.1, -0.05) is 13.8 Å². The van der Waals surface area contributed by atoms with Crippen molar-refractivity contribution in [3.63, 3.8) is 0 Å². The first-order chi connectivity index (χ1) is 9.44. The average molecular weight is 302 g/mol. The molecule has 0 bridgehead atoms. The quantitative estimate of drug-likeness (QED) is 0.818. The molecule has 0 aromatic rings. The van der Waals surface area contributed by atoms with E-state index >= 15 is 0 Å². The Kier molecular flexibility index (Phi) is 5.87. The fraction of sp³-hybridized carbons (Fsp3) is 1.00. The number of hydrogen-bond donors (Lipinski definition) is 2. The highest BCUT2D eigenvalue weighted by Gasteiger charge is 2.27. The topological polar surface area (TPSA) is 58.2 Å². The Morgan fingerprint density at radius 1 is 1.05 bits per heavy atom. The van der Waals surface area contributed by atoms with E-state index < -0.39 is 10.0 Å². The number of hydrogen-bond acceptors (Lipinski definition) is 3. The van der Waals surface area contributed by atoms with E-state index in [9.17, 15) is 8.42 Å². The van der Waals surface area contributed by atoms with E-state index in [2.05, 4.69) is 23.9 Å². The van der Waals surface area contributed by atoms with Crippen LogP contribution in [0.15, 0.2) is 0 Å². The molecule has 4 nitrogen and oxygen atoms in total. The maximum Gasteiger partial charge on any atom is 0.211 e. The van der Waals surface area contributed by atoms with Crippen LogP contribution in [0.3, 0.4) is 0 Å². The van der Waals surface area contributed by atoms with Gasteiger partial charge in [0.15, 0.2) is 0 Å². The van der Waals surface area contributed by atoms with Crippen molar-refractivity contribution < 1.29 is 8.42 Å². The summed E-state index contributed by atoms with van der Waals surface area (Å²) in [6.45, 7) is 6.53. The zero-order valence-corrected chi connectivity index (χ0v) is 13.7. The second kappa shape index (κ2) is 7.23. The number of nitrogens with one attached hydrogen (secondary N) is 2. The highest BCUT2D eigenvalue weighted by Crippen LogP contribution is 2.29. The van der Waals surface area contributed by atoms with E-state index in [1.165, 1.54) is 6.42 Å². The van der Waals surface area contributed by atoms with Gasteiger partial charge in [-0.25, -0.2) is 13.1 Å². The molecule has 118 valence electrons. The van der Waals surface area contributed by atoms with Gasteiger partial charge in [-0.05, 0) is 69.4 Å². The Morgan fingerprint density at radius 3 is 2.25 bits per heavy atom. The Hall–Kier alpha value is -0.130. The Labute approximate surface area is 124 Å². The second-order valence-corrected chi connectivity index (χ2v) is 8.91. The van der Waals surface area contributed by atoms with Crippen LogP contribution in [0, 0.1) is 17.8 Å². The van der Waals surface area contributed by atoms with E-state index in [1.54, 1.807) is 0 Å². The fourth-order valence-corrected chi connectivity index (χ4v) is 5.31. The summed E-state index contributed by atoms with van der Waals surface area (Å²) in [5.74, 6) is 2.15. The van der Waals surface area contributed by atoms with E-state index in [-0.39, 0.29) is 6.04 Å². The average Bonchev–Trinajstić information content (AvgIpc) is 2.36. The molecule has 0 amide bonds. The van der Waals surface area contributed by atoms with Crippen LogP contribution in [-0.4, -0.2) is 33.3 Å². The number of piperidine rings is 1. The van der Waals surface area contributed by atoms with Crippen molar-refractivity contribution in [1.29, 1.82) is 0 Å². The lowest BCUT2D eigenvalue weighted by atomic mass is 9.81. The third kappa shape index (κ3) is 5.34. The first kappa shape index (κ1) is 16.2. The normalized spacial score (nSPS) is 33.2. The zero-order chi connectivity index (χ0) is 14.6. The molecule has 1 aliphatic carbocycles. The molecule has 0 aromatic carbocycles. The summed E-state index contributed by atoms with van der Waals surface area (Å²) in [7, 11) is -3.10. The van der Waals surface area contributed by atoms with Crippen molar-refractivity contribution in [1.82, 2.24) is 10.0 Å². The SMILES string of the molecule is CC1CC(C)CC(NS(=O)(=O)CCC2CCNCC2)C1. The Bertz CT molecular complexity index is 381. The third-order valence-corrected chi connectivity index (χ3v) is 6.24. The van der Waals surface area contributed by atoms with Crippen LogP contribution >= 0.6 is 0 Å². The van der Waals surface area contributed by atoms with Crippen LogP contribution in [-0.2, 0) is 10.0 Å². The minimum absolute atomic E-state index is 0.159. The van der Waals surface area contributed by atoms with Crippen LogP contribution in [0.5, 0.6) is 0 Å². The van der Waals surface area contributed by atoms with Gasteiger partial charge in [0.25, 0.3) is 0 Å². The molecule has 5 heteroatoms. The molecule has 2 aliphatic rings. The van der Waals surface area contributed by atoms with Gasteiger partial charge >= 0.3 is 0 Å². The maximum atomic E-state index is 12.2. The first-order valence-electron chi connectivity index (χ1n) is 8.15. The maximum absolute atomic E-state index is 12.2. The fourth-order valence-electron chi connectivity index (χ4n) is 3.85. The van der Waals surface area contributed by atoms with Gasteiger partial charge in [0.2, 0.25) is 10.0 Å². The van der Waals surface area contributed by atoms with E-state index in [4.69, 9.17) is 0 Å². The molecule has 20 heavy (non-hydrogen) atoms. The van der Waals surface area contributed by atoms with Gasteiger partial charge in [0.05, 0.1) is 5.75 Å². The van der Waals surface area contributed by atoms with Gasteiger partial charge in [-0.2, -0.15) is 0 Å². The van der Waals surface area contributed by atoms with Crippen molar-refractivity contribution in [2.75, 3.05) is 18.8 Å². The largest absolute Gasteiger partial charge is 0.317 e. The lowest BCUT2D eigenvalue weighted by molar-refractivity contribution is 0.257. The van der Waals surface area contributed by atoms with Crippen LogP contribution in [0.2, 0.25) is 0 Å². The molecular weight excluding hydrogens is 272 g/mol. The zero-order valence-electron chi connectivity index (χ0n) is 12.9. The molecule has 1 heterocycles. The predicted octanol–water partition coefficient (Wildman–Crippen LogP) is 2.12. The van der Waals surface area contributed by atoms with Crippen LogP contribution < -0.4 is 10.0 Å². The van der Waals surface area contributed by atoms with Crippen molar-refractivity contribution in [3.8, 4) is 0 Å². The van der Waals surface area contributed by atoms with Gasteiger partial charge < -0.3 is 5.32 Å². The van der Waals surface area contributed by atoms with Crippen LogP contribution in [0.1, 0.15) is 52.4 Å². The van der Waals surface area contributed by atoms with Gasteiger partial charge in [-0.15, -0.1) is 0 Å². The van der Waals surface area contributed by atoms with Crippen molar-refractivity contribution in [2.45, 2.75) is 58.4 Å². The standard InChI is InChI=1S/C15H30N2O2S/c1-12-9-13(2)11-15(10-12)17-20(18,19)8-5-14-3-6-16-7-4-14/h12-17H,3-11H2,1-2H3. The molecule has 0 aromatic heterocycles. The lowest BCUT2D eigenvalue weighted by Crippen LogP contribution is -2.41. The lowest BCUT2D eigenvalue weighted by Gasteiger charge is -2.32. The smallest absolute Gasteiger partial charge is 0.211 e. The summed E-state index contributed by atoms with van der Waals surface area (Å²) < 4.78 is 27.4. The van der Waals surface area contributed by atoms with Crippen molar-refractivity contribution in [2.24, 2.45) is 17.8 Å². The summed E-state index contributed by atoms with van der Waals surface area (Å²) in [4.78, 5) is 0. The van der Waals surface area contributed by atoms with Crippen LogP contribution in [0.4, 0.5) is 0 Å². The molecule has 1 aliphatic heterocycles. The van der Waals surface area contributed by atoms with E-state index in [1.807, 2.05) is 0 Å². The van der Waals surface area contributed by atoms with Gasteiger partial charge in [-0.3, -0.25) is 0 Å². The van der Waals surface area contributed by atoms with E-state index in [0.29, 0.717) is 23.5 Å². The highest BCUT2D eigenvalue weighted by atomic mass is 32.2. The Morgan fingerprint density at radius 2 is 1.65 bits per heavy atom. The molecule has 0 radical (unpaired) electrons. The number of sulfonamides is 1. The van der Waals surface area contributed by atoms with Gasteiger partial charge in [0, 0.05) is 6.04 Å². The van der Waals surface area contributed by atoms with Crippen molar-refractivity contribution in [3.05, 3.63) is 0 Å². The summed E-state index contributed by atoms with van der Waals surface area (Å²) in [6.07, 6.45) is 6.27. The molecule has 2 atom stereocenters. The summed E-state index contributed by atoms with van der Waals surface area (Å²) >= 11 is 0. The molecule has 2 unspecified atom stereocenters. The predicted molar refractivity (Wildman–Crippen MR) is 83.1 cm³/mol. The molecular formula is C15H30N2O2S. The summed E-state index contributed by atoms with van der Waals surface area (Å²) in [6, 6.07) is 0.159. The number of rotatable bonds is 5. The van der Waals surface area contributed by atoms with E-state index in [0.717, 1.165) is 45.2 Å². The van der Waals surface area contributed by atoms with Crippen LogP contribution in [0.25, 0.3) is 0 Å². The third-order valence-electron chi connectivity index (χ3n) is 4.78. The van der Waals surface area contributed by atoms with Gasteiger partial charge in [0.1, 0.15) is 0 Å². The monoisotopic (exact) mass is 302 g/mol. The molecule has 0 spiro atoms. The Balaban J connectivity index is 1.77. The molecule has 1 saturated carbocycles. The molecule has 2 rings (SSSR count). The minimum Gasteiger partial charge on any atom is -0.317 e. The minimum atomic E-state index is -3.10. The second-order valence-electron chi connectivity index (χ2n) is 7.03. The molecule has 2 fully saturated rings. The van der Waals surface area contributed by atoms with Crippen molar-refractivity contribution >= 4 is 10.0 Å². The highest BCUT2D eigenvalue weighted by molar-refractivity contribution is 7.89. The summed E-state index contributed by atoms with van der Waals surface area (Å²) in [5.41, 5.74) is 0. The summed E-state index contributed by atoms with van der Waals surface area (Å²) in [5, 5.41) is 3.32.